The molecule has 22 heavy (non-hydrogen) atoms. The molecular weight excluding hydrogens is 355 g/mol. The Hall–Kier alpha value is -2.41. The van der Waals surface area contributed by atoms with Crippen molar-refractivity contribution in [2.24, 2.45) is 5.10 Å². The number of rotatable bonds is 4. The van der Waals surface area contributed by atoms with Crippen molar-refractivity contribution in [2.75, 3.05) is 7.11 Å². The van der Waals surface area contributed by atoms with Crippen molar-refractivity contribution >= 4 is 28.1 Å². The van der Waals surface area contributed by atoms with Gasteiger partial charge in [0.25, 0.3) is 5.91 Å². The maximum atomic E-state index is 12.8. The predicted molar refractivity (Wildman–Crippen MR) is 83.8 cm³/mol. The van der Waals surface area contributed by atoms with E-state index in [4.69, 9.17) is 4.74 Å². The van der Waals surface area contributed by atoms with Crippen LogP contribution in [0.4, 0.5) is 4.39 Å². The van der Waals surface area contributed by atoms with Crippen molar-refractivity contribution in [3.05, 3.63) is 57.8 Å². The summed E-state index contributed by atoms with van der Waals surface area (Å²) in [7, 11) is 1.43. The van der Waals surface area contributed by atoms with Gasteiger partial charge in [0.1, 0.15) is 5.82 Å². The number of hydrazone groups is 1. The van der Waals surface area contributed by atoms with Crippen molar-refractivity contribution in [2.45, 2.75) is 0 Å². The van der Waals surface area contributed by atoms with E-state index >= 15 is 0 Å². The smallest absolute Gasteiger partial charge is 0.271 e. The molecule has 0 unspecified atom stereocenters. The summed E-state index contributed by atoms with van der Waals surface area (Å²) in [5, 5.41) is 13.7. The second-order valence-corrected chi connectivity index (χ2v) is 5.17. The zero-order valence-corrected chi connectivity index (χ0v) is 13.1. The molecule has 1 amide bonds. The second-order valence-electron chi connectivity index (χ2n) is 4.25. The van der Waals surface area contributed by atoms with Crippen LogP contribution >= 0.6 is 15.9 Å². The molecule has 5 nitrogen and oxygen atoms in total. The average Bonchev–Trinajstić information content (AvgIpc) is 2.50. The molecule has 0 saturated heterocycles. The van der Waals surface area contributed by atoms with Crippen LogP contribution in [0.3, 0.4) is 0 Å². The van der Waals surface area contributed by atoms with Crippen molar-refractivity contribution < 1.29 is 19.0 Å². The molecule has 2 rings (SSSR count). The Kier molecular flexibility index (Phi) is 5.11. The molecule has 0 spiro atoms. The van der Waals surface area contributed by atoms with Gasteiger partial charge >= 0.3 is 0 Å². The topological polar surface area (TPSA) is 70.9 Å². The summed E-state index contributed by atoms with van der Waals surface area (Å²) in [4.78, 5) is 11.8. The van der Waals surface area contributed by atoms with Gasteiger partial charge in [-0.3, -0.25) is 4.79 Å². The van der Waals surface area contributed by atoms with E-state index in [-0.39, 0.29) is 17.1 Å². The fourth-order valence-electron chi connectivity index (χ4n) is 1.67. The number of methoxy groups -OCH3 is 1. The van der Waals surface area contributed by atoms with E-state index in [9.17, 15) is 14.3 Å². The highest BCUT2D eigenvalue weighted by Crippen LogP contribution is 2.32. The van der Waals surface area contributed by atoms with E-state index in [0.717, 1.165) is 0 Å². The van der Waals surface area contributed by atoms with Crippen LogP contribution in [-0.2, 0) is 0 Å². The Morgan fingerprint density at radius 2 is 2.05 bits per heavy atom. The predicted octanol–water partition coefficient (Wildman–Crippen LogP) is 3.07. The Bertz CT molecular complexity index is 717. The second kappa shape index (κ2) is 7.04. The molecule has 0 aliphatic rings. The summed E-state index contributed by atoms with van der Waals surface area (Å²) in [5.74, 6) is -0.727. The monoisotopic (exact) mass is 366 g/mol. The van der Waals surface area contributed by atoms with Gasteiger partial charge in [-0.15, -0.1) is 0 Å². The summed E-state index contributed by atoms with van der Waals surface area (Å²) in [6.07, 6.45) is 1.28. The third-order valence-electron chi connectivity index (χ3n) is 2.77. The summed E-state index contributed by atoms with van der Waals surface area (Å²) >= 11 is 3.28. The van der Waals surface area contributed by atoms with Crippen LogP contribution in [0.2, 0.25) is 0 Å². The normalized spacial score (nSPS) is 10.7. The highest BCUT2D eigenvalue weighted by Gasteiger charge is 2.08. The van der Waals surface area contributed by atoms with E-state index < -0.39 is 11.7 Å². The molecule has 0 heterocycles. The summed E-state index contributed by atoms with van der Waals surface area (Å²) < 4.78 is 18.5. The average molecular weight is 367 g/mol. The number of benzene rings is 2. The lowest BCUT2D eigenvalue weighted by atomic mass is 10.2. The molecule has 2 N–H and O–H groups in total. The number of aromatic hydroxyl groups is 1. The lowest BCUT2D eigenvalue weighted by molar-refractivity contribution is 0.0955. The Balaban J connectivity index is 2.11. The Labute approximate surface area is 134 Å². The number of halogens is 2. The molecule has 2 aromatic carbocycles. The van der Waals surface area contributed by atoms with Gasteiger partial charge in [-0.25, -0.2) is 9.82 Å². The fraction of sp³-hybridized carbons (Fsp3) is 0.0667. The van der Waals surface area contributed by atoms with Crippen LogP contribution in [0.1, 0.15) is 15.9 Å². The molecule has 0 aliphatic heterocycles. The highest BCUT2D eigenvalue weighted by molar-refractivity contribution is 9.10. The molecule has 0 atom stereocenters. The third kappa shape index (κ3) is 3.82. The lowest BCUT2D eigenvalue weighted by Crippen LogP contribution is -2.17. The van der Waals surface area contributed by atoms with Gasteiger partial charge in [0.05, 0.1) is 13.3 Å². The molecule has 7 heteroatoms. The van der Waals surface area contributed by atoms with Crippen molar-refractivity contribution in [3.8, 4) is 11.5 Å². The number of hydrogen-bond acceptors (Lipinski definition) is 4. The molecule has 2 aromatic rings. The van der Waals surface area contributed by atoms with Gasteiger partial charge in [0.2, 0.25) is 0 Å². The van der Waals surface area contributed by atoms with E-state index in [2.05, 4.69) is 26.5 Å². The Morgan fingerprint density at radius 1 is 1.36 bits per heavy atom. The van der Waals surface area contributed by atoms with Gasteiger partial charge in [0.15, 0.2) is 11.5 Å². The van der Waals surface area contributed by atoms with Crippen molar-refractivity contribution in [1.82, 2.24) is 5.43 Å². The molecule has 0 fully saturated rings. The van der Waals surface area contributed by atoms with Gasteiger partial charge in [-0.1, -0.05) is 15.9 Å². The first-order valence-electron chi connectivity index (χ1n) is 6.16. The van der Waals surface area contributed by atoms with Gasteiger partial charge in [0, 0.05) is 15.6 Å². The largest absolute Gasteiger partial charge is 0.504 e. The summed E-state index contributed by atoms with van der Waals surface area (Å²) in [6, 6.07) is 8.28. The summed E-state index contributed by atoms with van der Waals surface area (Å²) in [5.41, 5.74) is 2.93. The number of ether oxygens (including phenoxy) is 1. The van der Waals surface area contributed by atoms with Gasteiger partial charge in [-0.05, 0) is 36.4 Å². The van der Waals surface area contributed by atoms with Gasteiger partial charge in [-0.2, -0.15) is 5.10 Å². The zero-order chi connectivity index (χ0) is 16.1. The number of carbonyl (C=O) groups is 1. The first kappa shape index (κ1) is 16.0. The maximum absolute atomic E-state index is 12.8. The molecular formula is C15H12BrFN2O3. The first-order chi connectivity index (χ1) is 10.5. The number of phenolic OH excluding ortho intramolecular Hbond substituents is 1. The first-order valence-corrected chi connectivity index (χ1v) is 6.96. The quantitative estimate of drug-likeness (QED) is 0.645. The van der Waals surface area contributed by atoms with Crippen LogP contribution in [0.25, 0.3) is 0 Å². The minimum absolute atomic E-state index is 0.0921. The van der Waals surface area contributed by atoms with Crippen LogP contribution in [0, 0.1) is 5.82 Å². The van der Waals surface area contributed by atoms with Crippen molar-refractivity contribution in [1.29, 1.82) is 0 Å². The fourth-order valence-corrected chi connectivity index (χ4v) is 2.13. The number of nitrogens with one attached hydrogen (secondary N) is 1. The molecule has 0 aromatic heterocycles. The molecule has 0 saturated carbocycles. The van der Waals surface area contributed by atoms with Crippen LogP contribution < -0.4 is 10.2 Å². The summed E-state index contributed by atoms with van der Waals surface area (Å²) in [6.45, 7) is 0. The van der Waals surface area contributed by atoms with E-state index in [1.807, 2.05) is 0 Å². The highest BCUT2D eigenvalue weighted by atomic mass is 79.9. The molecule has 0 aliphatic carbocycles. The SMILES string of the molecule is COc1cc(Br)cc(/C=N\NC(=O)c2ccc(F)cc2)c1O. The lowest BCUT2D eigenvalue weighted by Gasteiger charge is -2.06. The standard InChI is InChI=1S/C15H12BrFN2O3/c1-22-13-7-11(16)6-10(14(13)20)8-18-19-15(21)9-2-4-12(17)5-3-9/h2-8,20H,1H3,(H,19,21)/b18-8-. The van der Waals surface area contributed by atoms with E-state index in [0.29, 0.717) is 10.0 Å². The number of hydrogen-bond donors (Lipinski definition) is 2. The Morgan fingerprint density at radius 3 is 2.68 bits per heavy atom. The van der Waals surface area contributed by atoms with Crippen LogP contribution in [0.5, 0.6) is 11.5 Å². The van der Waals surface area contributed by atoms with E-state index in [1.165, 1.54) is 37.6 Å². The maximum Gasteiger partial charge on any atom is 0.271 e. The van der Waals surface area contributed by atoms with E-state index in [1.54, 1.807) is 12.1 Å². The van der Waals surface area contributed by atoms with Crippen molar-refractivity contribution in [3.63, 3.8) is 0 Å². The molecule has 0 radical (unpaired) electrons. The van der Waals surface area contributed by atoms with Gasteiger partial charge < -0.3 is 9.84 Å². The number of carbonyl (C=O) groups excluding carboxylic acids is 1. The molecule has 0 bridgehead atoms. The minimum Gasteiger partial charge on any atom is -0.504 e. The third-order valence-corrected chi connectivity index (χ3v) is 3.22. The number of amides is 1. The zero-order valence-electron chi connectivity index (χ0n) is 11.5. The minimum atomic E-state index is -0.488. The molecule has 114 valence electrons. The van der Waals surface area contributed by atoms with Crippen LogP contribution in [-0.4, -0.2) is 24.3 Å². The van der Waals surface area contributed by atoms with Crippen LogP contribution in [0.15, 0.2) is 46.0 Å². The number of phenols is 1. The number of nitrogens with zero attached hydrogens (tertiary/aromatic N) is 1.